The molecule has 2 heterocycles. The van der Waals surface area contributed by atoms with Gasteiger partial charge in [0.05, 0.1) is 0 Å². The van der Waals surface area contributed by atoms with Crippen molar-refractivity contribution in [1.82, 2.24) is 14.9 Å². The maximum Gasteiger partial charge on any atom is 0.128 e. The molecule has 1 unspecified atom stereocenters. The Labute approximate surface area is 147 Å². The number of pyridine rings is 1. The topological polar surface area (TPSA) is 61.4 Å². The fourth-order valence-corrected chi connectivity index (χ4v) is 3.20. The summed E-state index contributed by atoms with van der Waals surface area (Å²) in [6.07, 6.45) is 7.44. The zero-order chi connectivity index (χ0) is 17.1. The SMILES string of the molecule is OC(COc1cccc2[nH]ccc12)CN(Cc1ccncc1)C1CC1. The molecule has 0 saturated heterocycles. The first-order valence-electron chi connectivity index (χ1n) is 8.79. The highest BCUT2D eigenvalue weighted by atomic mass is 16.5. The van der Waals surface area contributed by atoms with Crippen molar-refractivity contribution in [3.05, 3.63) is 60.6 Å². The van der Waals surface area contributed by atoms with Gasteiger partial charge in [0.2, 0.25) is 0 Å². The van der Waals surface area contributed by atoms with E-state index in [1.807, 2.05) is 55.0 Å². The molecule has 3 aromatic rings. The molecule has 0 bridgehead atoms. The Morgan fingerprint density at radius 1 is 1.20 bits per heavy atom. The standard InChI is InChI=1S/C20H23N3O2/c24-17(14-25-20-3-1-2-19-18(20)8-11-22-19)13-23(16-4-5-16)12-15-6-9-21-10-7-15/h1-3,6-11,16-17,22,24H,4-5,12-14H2. The minimum atomic E-state index is -0.517. The minimum Gasteiger partial charge on any atom is -0.490 e. The maximum absolute atomic E-state index is 10.5. The van der Waals surface area contributed by atoms with Gasteiger partial charge in [-0.1, -0.05) is 6.07 Å². The van der Waals surface area contributed by atoms with Gasteiger partial charge in [-0.2, -0.15) is 0 Å². The fraction of sp³-hybridized carbons (Fsp3) is 0.350. The number of hydrogen-bond donors (Lipinski definition) is 2. The van der Waals surface area contributed by atoms with Crippen molar-refractivity contribution in [3.8, 4) is 5.75 Å². The molecule has 2 aromatic heterocycles. The van der Waals surface area contributed by atoms with Gasteiger partial charge < -0.3 is 14.8 Å². The molecule has 4 rings (SSSR count). The molecule has 5 heteroatoms. The normalized spacial score (nSPS) is 15.6. The van der Waals surface area contributed by atoms with Gasteiger partial charge in [0.1, 0.15) is 18.5 Å². The number of aromatic nitrogens is 2. The second-order valence-electron chi connectivity index (χ2n) is 6.68. The van der Waals surface area contributed by atoms with Gasteiger partial charge in [-0.3, -0.25) is 9.88 Å². The van der Waals surface area contributed by atoms with E-state index in [1.165, 1.54) is 18.4 Å². The molecule has 0 radical (unpaired) electrons. The van der Waals surface area contributed by atoms with E-state index in [-0.39, 0.29) is 0 Å². The highest BCUT2D eigenvalue weighted by Crippen LogP contribution is 2.29. The molecule has 1 atom stereocenters. The predicted molar refractivity (Wildman–Crippen MR) is 97.5 cm³/mol. The number of fused-ring (bicyclic) bond motifs is 1. The number of ether oxygens (including phenoxy) is 1. The van der Waals surface area contributed by atoms with E-state index in [0.717, 1.165) is 23.2 Å². The van der Waals surface area contributed by atoms with E-state index >= 15 is 0 Å². The average molecular weight is 337 g/mol. The van der Waals surface area contributed by atoms with Crippen LogP contribution in [0.25, 0.3) is 10.9 Å². The van der Waals surface area contributed by atoms with Crippen molar-refractivity contribution < 1.29 is 9.84 Å². The van der Waals surface area contributed by atoms with Crippen LogP contribution in [0.1, 0.15) is 18.4 Å². The van der Waals surface area contributed by atoms with Gasteiger partial charge in [-0.15, -0.1) is 0 Å². The van der Waals surface area contributed by atoms with Crippen LogP contribution in [0.5, 0.6) is 5.75 Å². The molecule has 5 nitrogen and oxygen atoms in total. The Morgan fingerprint density at radius 3 is 2.84 bits per heavy atom. The Kier molecular flexibility index (Phi) is 4.68. The summed E-state index contributed by atoms with van der Waals surface area (Å²) in [5.74, 6) is 0.810. The Balaban J connectivity index is 1.35. The van der Waals surface area contributed by atoms with Crippen molar-refractivity contribution in [3.63, 3.8) is 0 Å². The number of aliphatic hydroxyl groups is 1. The highest BCUT2D eigenvalue weighted by molar-refractivity contribution is 5.85. The molecule has 25 heavy (non-hydrogen) atoms. The lowest BCUT2D eigenvalue weighted by molar-refractivity contribution is 0.0631. The third kappa shape index (κ3) is 4.00. The van der Waals surface area contributed by atoms with E-state index in [4.69, 9.17) is 4.74 Å². The molecular formula is C20H23N3O2. The summed E-state index contributed by atoms with van der Waals surface area (Å²) in [7, 11) is 0. The number of rotatable bonds is 8. The number of nitrogens with one attached hydrogen (secondary N) is 1. The lowest BCUT2D eigenvalue weighted by Gasteiger charge is -2.25. The number of nitrogens with zero attached hydrogens (tertiary/aromatic N) is 2. The van der Waals surface area contributed by atoms with Gasteiger partial charge in [0.15, 0.2) is 0 Å². The zero-order valence-electron chi connectivity index (χ0n) is 14.1. The Bertz CT molecular complexity index is 814. The minimum absolute atomic E-state index is 0.295. The van der Waals surface area contributed by atoms with Crippen LogP contribution in [-0.4, -0.2) is 45.3 Å². The smallest absolute Gasteiger partial charge is 0.128 e. The van der Waals surface area contributed by atoms with Crippen LogP contribution in [0, 0.1) is 0 Å². The van der Waals surface area contributed by atoms with E-state index in [0.29, 0.717) is 19.2 Å². The number of H-pyrrole nitrogens is 1. The summed E-state index contributed by atoms with van der Waals surface area (Å²) in [5, 5.41) is 11.5. The number of hydrogen-bond acceptors (Lipinski definition) is 4. The second kappa shape index (κ2) is 7.25. The van der Waals surface area contributed by atoms with Crippen molar-refractivity contribution in [2.45, 2.75) is 31.5 Å². The van der Waals surface area contributed by atoms with Crippen LogP contribution in [0.4, 0.5) is 0 Å². The van der Waals surface area contributed by atoms with Gasteiger partial charge in [-0.25, -0.2) is 0 Å². The van der Waals surface area contributed by atoms with Gasteiger partial charge >= 0.3 is 0 Å². The third-order valence-corrected chi connectivity index (χ3v) is 4.63. The summed E-state index contributed by atoms with van der Waals surface area (Å²) in [5.41, 5.74) is 2.27. The predicted octanol–water partition coefficient (Wildman–Crippen LogP) is 2.97. The van der Waals surface area contributed by atoms with Gasteiger partial charge in [0, 0.05) is 48.6 Å². The second-order valence-corrected chi connectivity index (χ2v) is 6.68. The third-order valence-electron chi connectivity index (χ3n) is 4.63. The van der Waals surface area contributed by atoms with Crippen molar-refractivity contribution in [1.29, 1.82) is 0 Å². The van der Waals surface area contributed by atoms with E-state index < -0.39 is 6.10 Å². The molecule has 130 valence electrons. The van der Waals surface area contributed by atoms with Crippen LogP contribution in [-0.2, 0) is 6.54 Å². The summed E-state index contributed by atoms with van der Waals surface area (Å²) in [4.78, 5) is 9.59. The number of benzene rings is 1. The van der Waals surface area contributed by atoms with E-state index in [9.17, 15) is 5.11 Å². The first-order chi connectivity index (χ1) is 12.3. The first kappa shape index (κ1) is 16.1. The van der Waals surface area contributed by atoms with E-state index in [2.05, 4.69) is 14.9 Å². The molecule has 1 aromatic carbocycles. The zero-order valence-corrected chi connectivity index (χ0v) is 14.1. The average Bonchev–Trinajstić information content (AvgIpc) is 3.37. The van der Waals surface area contributed by atoms with Crippen molar-refractivity contribution in [2.75, 3.05) is 13.2 Å². The molecule has 1 fully saturated rings. The summed E-state index contributed by atoms with van der Waals surface area (Å²) < 4.78 is 5.88. The molecule has 1 aliphatic rings. The van der Waals surface area contributed by atoms with Crippen LogP contribution in [0.3, 0.4) is 0 Å². The summed E-state index contributed by atoms with van der Waals surface area (Å²) in [6, 6.07) is 12.6. The first-order valence-corrected chi connectivity index (χ1v) is 8.79. The largest absolute Gasteiger partial charge is 0.490 e. The van der Waals surface area contributed by atoms with Crippen LogP contribution >= 0.6 is 0 Å². The lowest BCUT2D eigenvalue weighted by atomic mass is 10.2. The quantitative estimate of drug-likeness (QED) is 0.663. The summed E-state index contributed by atoms with van der Waals surface area (Å²) in [6.45, 7) is 1.76. The van der Waals surface area contributed by atoms with Crippen LogP contribution in [0.15, 0.2) is 55.0 Å². The maximum atomic E-state index is 10.5. The fourth-order valence-electron chi connectivity index (χ4n) is 3.20. The number of aromatic amines is 1. The molecule has 0 amide bonds. The summed E-state index contributed by atoms with van der Waals surface area (Å²) >= 11 is 0. The highest BCUT2D eigenvalue weighted by Gasteiger charge is 2.30. The van der Waals surface area contributed by atoms with Gasteiger partial charge in [-0.05, 0) is 48.7 Å². The molecule has 2 N–H and O–H groups in total. The van der Waals surface area contributed by atoms with Crippen LogP contribution < -0.4 is 4.74 Å². The van der Waals surface area contributed by atoms with Crippen molar-refractivity contribution in [2.24, 2.45) is 0 Å². The van der Waals surface area contributed by atoms with Crippen molar-refractivity contribution >= 4 is 10.9 Å². The molecule has 0 aliphatic heterocycles. The lowest BCUT2D eigenvalue weighted by Crippen LogP contribution is -2.36. The molecule has 1 saturated carbocycles. The Hall–Kier alpha value is -2.37. The molecule has 0 spiro atoms. The number of aliphatic hydroxyl groups excluding tert-OH is 1. The monoisotopic (exact) mass is 337 g/mol. The van der Waals surface area contributed by atoms with E-state index in [1.54, 1.807) is 0 Å². The molecular weight excluding hydrogens is 314 g/mol. The van der Waals surface area contributed by atoms with Gasteiger partial charge in [0.25, 0.3) is 0 Å². The molecule has 1 aliphatic carbocycles. The van der Waals surface area contributed by atoms with Crippen LogP contribution in [0.2, 0.25) is 0 Å². The Morgan fingerprint density at radius 2 is 2.04 bits per heavy atom.